The van der Waals surface area contributed by atoms with E-state index in [0.29, 0.717) is 0 Å². The molecular formula is C10H14ClNO2. The van der Waals surface area contributed by atoms with Gasteiger partial charge in [0.05, 0.1) is 6.04 Å². The molecule has 1 amide bonds. The maximum Gasteiger partial charge on any atom is 0.235 e. The average Bonchev–Trinajstić information content (AvgIpc) is 2.45. The number of furan rings is 1. The van der Waals surface area contributed by atoms with Crippen LogP contribution < -0.4 is 5.32 Å². The van der Waals surface area contributed by atoms with Crippen molar-refractivity contribution < 1.29 is 9.21 Å². The van der Waals surface area contributed by atoms with Crippen molar-refractivity contribution in [3.05, 3.63) is 23.2 Å². The van der Waals surface area contributed by atoms with Crippen LogP contribution >= 0.6 is 11.6 Å². The summed E-state index contributed by atoms with van der Waals surface area (Å²) in [6.45, 7) is 5.67. The fourth-order valence-electron chi connectivity index (χ4n) is 1.44. The summed E-state index contributed by atoms with van der Waals surface area (Å²) in [5.74, 6) is 1.51. The van der Waals surface area contributed by atoms with E-state index in [-0.39, 0.29) is 17.8 Å². The highest BCUT2D eigenvalue weighted by atomic mass is 35.5. The molecule has 78 valence electrons. The van der Waals surface area contributed by atoms with Gasteiger partial charge in [0, 0.05) is 5.56 Å². The molecule has 3 nitrogen and oxygen atoms in total. The van der Waals surface area contributed by atoms with Gasteiger partial charge in [0.2, 0.25) is 5.91 Å². The Balaban J connectivity index is 2.73. The summed E-state index contributed by atoms with van der Waals surface area (Å²) in [6.07, 6.45) is 0. The Hall–Kier alpha value is -0.960. The molecule has 1 aromatic heterocycles. The summed E-state index contributed by atoms with van der Waals surface area (Å²) in [4.78, 5) is 11.0. The fraction of sp³-hybridized carbons (Fsp3) is 0.500. The molecule has 14 heavy (non-hydrogen) atoms. The topological polar surface area (TPSA) is 42.2 Å². The third-order valence-corrected chi connectivity index (χ3v) is 2.29. The number of halogens is 1. The minimum Gasteiger partial charge on any atom is -0.466 e. The van der Waals surface area contributed by atoms with Crippen molar-refractivity contribution in [2.24, 2.45) is 0 Å². The lowest BCUT2D eigenvalue weighted by atomic mass is 10.1. The second-order valence-electron chi connectivity index (χ2n) is 3.29. The highest BCUT2D eigenvalue weighted by Crippen LogP contribution is 2.20. The summed E-state index contributed by atoms with van der Waals surface area (Å²) >= 11 is 5.39. The summed E-state index contributed by atoms with van der Waals surface area (Å²) < 4.78 is 5.37. The Morgan fingerprint density at radius 1 is 1.64 bits per heavy atom. The molecule has 0 aliphatic carbocycles. The Labute approximate surface area is 88.4 Å². The van der Waals surface area contributed by atoms with Crippen LogP contribution in [0.4, 0.5) is 0 Å². The molecule has 0 saturated heterocycles. The van der Waals surface area contributed by atoms with Crippen LogP contribution in [0.1, 0.15) is 30.0 Å². The standard InChI is InChI=1S/C10H14ClNO2/c1-6-4-9(8(3)14-6)7(2)12-10(13)5-11/h4,7H,5H2,1-3H3,(H,12,13). The number of amides is 1. The fourth-order valence-corrected chi connectivity index (χ4v) is 1.52. The van der Waals surface area contributed by atoms with Crippen molar-refractivity contribution in [1.29, 1.82) is 0 Å². The number of carbonyl (C=O) groups is 1. The van der Waals surface area contributed by atoms with Gasteiger partial charge >= 0.3 is 0 Å². The quantitative estimate of drug-likeness (QED) is 0.787. The van der Waals surface area contributed by atoms with Crippen LogP contribution in [0.25, 0.3) is 0 Å². The average molecular weight is 216 g/mol. The van der Waals surface area contributed by atoms with Crippen LogP contribution in [-0.2, 0) is 4.79 Å². The SMILES string of the molecule is Cc1cc(C(C)NC(=O)CCl)c(C)o1. The molecule has 4 heteroatoms. The summed E-state index contributed by atoms with van der Waals surface area (Å²) in [5, 5.41) is 2.77. The Morgan fingerprint density at radius 3 is 2.71 bits per heavy atom. The lowest BCUT2D eigenvalue weighted by Gasteiger charge is -2.11. The first-order chi connectivity index (χ1) is 6.54. The molecule has 0 aliphatic rings. The lowest BCUT2D eigenvalue weighted by molar-refractivity contribution is -0.119. The van der Waals surface area contributed by atoms with Crippen LogP contribution in [0, 0.1) is 13.8 Å². The van der Waals surface area contributed by atoms with E-state index in [2.05, 4.69) is 5.32 Å². The van der Waals surface area contributed by atoms with Gasteiger partial charge in [-0.25, -0.2) is 0 Å². The molecule has 1 unspecified atom stereocenters. The van der Waals surface area contributed by atoms with Gasteiger partial charge in [-0.2, -0.15) is 0 Å². The van der Waals surface area contributed by atoms with Gasteiger partial charge in [0.25, 0.3) is 0 Å². The normalized spacial score (nSPS) is 12.6. The minimum atomic E-state index is -0.169. The first-order valence-corrected chi connectivity index (χ1v) is 5.00. The van der Waals surface area contributed by atoms with Crippen molar-refractivity contribution in [2.75, 3.05) is 5.88 Å². The molecule has 0 fully saturated rings. The molecule has 0 radical (unpaired) electrons. The van der Waals surface area contributed by atoms with Gasteiger partial charge in [-0.15, -0.1) is 11.6 Å². The van der Waals surface area contributed by atoms with Crippen LogP contribution in [0.2, 0.25) is 0 Å². The summed E-state index contributed by atoms with van der Waals surface area (Å²) in [7, 11) is 0. The first-order valence-electron chi connectivity index (χ1n) is 4.47. The monoisotopic (exact) mass is 215 g/mol. The van der Waals surface area contributed by atoms with E-state index in [0.717, 1.165) is 17.1 Å². The number of nitrogens with one attached hydrogen (secondary N) is 1. The number of carbonyl (C=O) groups excluding carboxylic acids is 1. The van der Waals surface area contributed by atoms with E-state index in [4.69, 9.17) is 16.0 Å². The van der Waals surface area contributed by atoms with E-state index in [9.17, 15) is 4.79 Å². The molecular weight excluding hydrogens is 202 g/mol. The highest BCUT2D eigenvalue weighted by Gasteiger charge is 2.14. The maximum atomic E-state index is 11.0. The molecule has 1 atom stereocenters. The van der Waals surface area contributed by atoms with Crippen LogP contribution in [0.3, 0.4) is 0 Å². The third kappa shape index (κ3) is 2.51. The zero-order valence-electron chi connectivity index (χ0n) is 8.56. The zero-order valence-corrected chi connectivity index (χ0v) is 9.31. The minimum absolute atomic E-state index is 0.0137. The molecule has 0 aromatic carbocycles. The molecule has 0 aliphatic heterocycles. The van der Waals surface area contributed by atoms with E-state index >= 15 is 0 Å². The van der Waals surface area contributed by atoms with Crippen molar-refractivity contribution >= 4 is 17.5 Å². The van der Waals surface area contributed by atoms with E-state index in [1.807, 2.05) is 26.8 Å². The molecule has 0 saturated carbocycles. The molecule has 1 N–H and O–H groups in total. The number of rotatable bonds is 3. The van der Waals surface area contributed by atoms with Gasteiger partial charge in [-0.1, -0.05) is 0 Å². The van der Waals surface area contributed by atoms with E-state index < -0.39 is 0 Å². The Bertz CT molecular complexity index is 333. The number of aryl methyl sites for hydroxylation is 2. The van der Waals surface area contributed by atoms with Crippen molar-refractivity contribution in [1.82, 2.24) is 5.32 Å². The van der Waals surface area contributed by atoms with Crippen LogP contribution in [0.15, 0.2) is 10.5 Å². The Kier molecular flexibility index (Phi) is 3.58. The molecule has 0 spiro atoms. The smallest absolute Gasteiger partial charge is 0.235 e. The highest BCUT2D eigenvalue weighted by molar-refractivity contribution is 6.27. The van der Waals surface area contributed by atoms with Crippen molar-refractivity contribution in [3.8, 4) is 0 Å². The van der Waals surface area contributed by atoms with Crippen molar-refractivity contribution in [3.63, 3.8) is 0 Å². The lowest BCUT2D eigenvalue weighted by Crippen LogP contribution is -2.27. The Morgan fingerprint density at radius 2 is 2.29 bits per heavy atom. The molecule has 1 rings (SSSR count). The van der Waals surface area contributed by atoms with Gasteiger partial charge in [-0.05, 0) is 26.8 Å². The zero-order chi connectivity index (χ0) is 10.7. The van der Waals surface area contributed by atoms with E-state index in [1.54, 1.807) is 0 Å². The van der Waals surface area contributed by atoms with Crippen LogP contribution in [-0.4, -0.2) is 11.8 Å². The summed E-state index contributed by atoms with van der Waals surface area (Å²) in [6, 6.07) is 1.87. The van der Waals surface area contributed by atoms with Crippen molar-refractivity contribution in [2.45, 2.75) is 26.8 Å². The van der Waals surface area contributed by atoms with Crippen LogP contribution in [0.5, 0.6) is 0 Å². The predicted molar refractivity (Wildman–Crippen MR) is 55.5 cm³/mol. The second-order valence-corrected chi connectivity index (χ2v) is 3.56. The second kappa shape index (κ2) is 4.51. The number of alkyl halides is 1. The predicted octanol–water partition coefficient (Wildman–Crippen LogP) is 2.31. The first kappa shape index (κ1) is 11.1. The van der Waals surface area contributed by atoms with Gasteiger partial charge in [-0.3, -0.25) is 4.79 Å². The molecule has 1 aromatic rings. The number of hydrogen-bond acceptors (Lipinski definition) is 2. The van der Waals surface area contributed by atoms with Gasteiger partial charge < -0.3 is 9.73 Å². The maximum absolute atomic E-state index is 11.0. The molecule has 0 bridgehead atoms. The summed E-state index contributed by atoms with van der Waals surface area (Å²) in [5.41, 5.74) is 1.00. The number of hydrogen-bond donors (Lipinski definition) is 1. The third-order valence-electron chi connectivity index (χ3n) is 2.04. The largest absolute Gasteiger partial charge is 0.466 e. The van der Waals surface area contributed by atoms with E-state index in [1.165, 1.54) is 0 Å². The van der Waals surface area contributed by atoms with Gasteiger partial charge in [0.1, 0.15) is 17.4 Å². The van der Waals surface area contributed by atoms with Gasteiger partial charge in [0.15, 0.2) is 0 Å². The molecule has 1 heterocycles.